The molecule has 0 saturated heterocycles. The fourth-order valence-corrected chi connectivity index (χ4v) is 2.43. The zero-order valence-corrected chi connectivity index (χ0v) is 13.6. The Morgan fingerprint density at radius 2 is 1.67 bits per heavy atom. The Balaban J connectivity index is 2.68. The van der Waals surface area contributed by atoms with Crippen molar-refractivity contribution >= 4 is 15.9 Å². The lowest BCUT2D eigenvalue weighted by molar-refractivity contribution is 0.409. The van der Waals surface area contributed by atoms with Gasteiger partial charge < -0.3 is 5.32 Å². The van der Waals surface area contributed by atoms with Crippen LogP contribution in [0.15, 0.2) is 28.7 Å². The maximum Gasteiger partial charge on any atom is 0.0175 e. The van der Waals surface area contributed by atoms with Gasteiger partial charge in [-0.1, -0.05) is 62.2 Å². The second-order valence-electron chi connectivity index (χ2n) is 5.60. The minimum absolute atomic E-state index is 0.613. The third kappa shape index (κ3) is 5.11. The van der Waals surface area contributed by atoms with Crippen LogP contribution in [0.5, 0.6) is 0 Å². The van der Waals surface area contributed by atoms with Crippen LogP contribution in [0.2, 0.25) is 0 Å². The molecule has 0 aliphatic carbocycles. The first-order chi connectivity index (χ1) is 8.54. The van der Waals surface area contributed by atoms with Crippen LogP contribution < -0.4 is 5.32 Å². The monoisotopic (exact) mass is 311 g/mol. The second-order valence-corrected chi connectivity index (χ2v) is 6.51. The van der Waals surface area contributed by atoms with Crippen molar-refractivity contribution in [2.75, 3.05) is 13.1 Å². The molecule has 0 aliphatic heterocycles. The predicted molar refractivity (Wildman–Crippen MR) is 84.0 cm³/mol. The summed E-state index contributed by atoms with van der Waals surface area (Å²) < 4.78 is 1.16. The molecule has 0 amide bonds. The molecule has 102 valence electrons. The summed E-state index contributed by atoms with van der Waals surface area (Å²) in [4.78, 5) is 0. The lowest BCUT2D eigenvalue weighted by Gasteiger charge is -2.24. The summed E-state index contributed by atoms with van der Waals surface area (Å²) in [5.74, 6) is 2.04. The van der Waals surface area contributed by atoms with Gasteiger partial charge in [0.05, 0.1) is 0 Å². The van der Waals surface area contributed by atoms with Gasteiger partial charge in [-0.25, -0.2) is 0 Å². The fourth-order valence-electron chi connectivity index (χ4n) is 2.17. The van der Waals surface area contributed by atoms with Crippen LogP contribution in [0, 0.1) is 11.8 Å². The molecular formula is C16H26BrN. The van der Waals surface area contributed by atoms with Crippen molar-refractivity contribution < 1.29 is 0 Å². The lowest BCUT2D eigenvalue weighted by Crippen LogP contribution is -2.28. The summed E-state index contributed by atoms with van der Waals surface area (Å²) in [6.45, 7) is 11.3. The summed E-state index contributed by atoms with van der Waals surface area (Å²) in [6.07, 6.45) is 1.23. The topological polar surface area (TPSA) is 12.0 Å². The standard InChI is InChI=1S/C16H26BrN/c1-5-13(4)16(11-18-10-12(2)3)14-6-8-15(17)9-7-14/h6-9,12-13,16,18H,5,10-11H2,1-4H3. The van der Waals surface area contributed by atoms with Gasteiger partial charge in [-0.3, -0.25) is 0 Å². The van der Waals surface area contributed by atoms with Gasteiger partial charge in [0, 0.05) is 11.0 Å². The van der Waals surface area contributed by atoms with Crippen LogP contribution in [0.25, 0.3) is 0 Å². The quantitative estimate of drug-likeness (QED) is 0.761. The summed E-state index contributed by atoms with van der Waals surface area (Å²) in [6, 6.07) is 8.79. The minimum Gasteiger partial charge on any atom is -0.316 e. The Morgan fingerprint density at radius 1 is 1.06 bits per heavy atom. The first kappa shape index (κ1) is 15.7. The first-order valence-corrected chi connectivity index (χ1v) is 7.80. The average Bonchev–Trinajstić information content (AvgIpc) is 2.35. The van der Waals surface area contributed by atoms with Crippen molar-refractivity contribution in [1.29, 1.82) is 0 Å². The Morgan fingerprint density at radius 3 is 2.17 bits per heavy atom. The molecule has 0 spiro atoms. The number of benzene rings is 1. The number of hydrogen-bond donors (Lipinski definition) is 1. The maximum atomic E-state index is 3.60. The van der Waals surface area contributed by atoms with Gasteiger partial charge in [-0.15, -0.1) is 0 Å². The third-order valence-corrected chi connectivity index (χ3v) is 4.07. The van der Waals surface area contributed by atoms with Crippen LogP contribution >= 0.6 is 15.9 Å². The molecule has 1 rings (SSSR count). The normalized spacial score (nSPS) is 14.8. The van der Waals surface area contributed by atoms with Gasteiger partial charge in [0.15, 0.2) is 0 Å². The average molecular weight is 312 g/mol. The molecule has 0 fully saturated rings. The predicted octanol–water partition coefficient (Wildman–Crippen LogP) is 4.82. The van der Waals surface area contributed by atoms with Gasteiger partial charge in [-0.05, 0) is 42.0 Å². The Labute approximate surface area is 120 Å². The molecule has 2 unspecified atom stereocenters. The summed E-state index contributed by atoms with van der Waals surface area (Å²) in [5, 5.41) is 3.60. The van der Waals surface area contributed by atoms with Crippen molar-refractivity contribution in [3.05, 3.63) is 34.3 Å². The number of halogens is 1. The highest BCUT2D eigenvalue weighted by Crippen LogP contribution is 2.27. The molecule has 0 bridgehead atoms. The molecule has 1 aromatic rings. The molecule has 0 aromatic heterocycles. The highest BCUT2D eigenvalue weighted by molar-refractivity contribution is 9.10. The van der Waals surface area contributed by atoms with Crippen molar-refractivity contribution in [3.63, 3.8) is 0 Å². The fraction of sp³-hybridized carbons (Fsp3) is 0.625. The van der Waals surface area contributed by atoms with Crippen molar-refractivity contribution in [2.24, 2.45) is 11.8 Å². The van der Waals surface area contributed by atoms with Gasteiger partial charge in [0.25, 0.3) is 0 Å². The van der Waals surface area contributed by atoms with Crippen LogP contribution in [0.3, 0.4) is 0 Å². The van der Waals surface area contributed by atoms with E-state index in [9.17, 15) is 0 Å². The molecule has 2 atom stereocenters. The molecule has 0 aliphatic rings. The molecule has 2 heteroatoms. The highest BCUT2D eigenvalue weighted by atomic mass is 79.9. The molecule has 1 nitrogen and oxygen atoms in total. The highest BCUT2D eigenvalue weighted by Gasteiger charge is 2.17. The van der Waals surface area contributed by atoms with Gasteiger partial charge in [0.1, 0.15) is 0 Å². The molecule has 0 radical (unpaired) electrons. The lowest BCUT2D eigenvalue weighted by atomic mass is 9.85. The maximum absolute atomic E-state index is 3.60. The van der Waals surface area contributed by atoms with E-state index in [1.54, 1.807) is 0 Å². The Hall–Kier alpha value is -0.340. The first-order valence-electron chi connectivity index (χ1n) is 7.00. The van der Waals surface area contributed by atoms with E-state index in [1.165, 1.54) is 12.0 Å². The summed E-state index contributed by atoms with van der Waals surface area (Å²) in [5.41, 5.74) is 1.45. The Bertz CT molecular complexity index is 331. The second kappa shape index (κ2) is 7.96. The number of nitrogens with one attached hydrogen (secondary N) is 1. The minimum atomic E-state index is 0.613. The zero-order valence-electron chi connectivity index (χ0n) is 12.0. The van der Waals surface area contributed by atoms with E-state index in [-0.39, 0.29) is 0 Å². The van der Waals surface area contributed by atoms with E-state index in [4.69, 9.17) is 0 Å². The molecular weight excluding hydrogens is 286 g/mol. The molecule has 1 N–H and O–H groups in total. The van der Waals surface area contributed by atoms with Gasteiger partial charge in [0.2, 0.25) is 0 Å². The molecule has 18 heavy (non-hydrogen) atoms. The van der Waals surface area contributed by atoms with Gasteiger partial charge >= 0.3 is 0 Å². The van der Waals surface area contributed by atoms with E-state index >= 15 is 0 Å². The van der Waals surface area contributed by atoms with Crippen molar-refractivity contribution in [3.8, 4) is 0 Å². The van der Waals surface area contributed by atoms with Crippen molar-refractivity contribution in [1.82, 2.24) is 5.32 Å². The van der Waals surface area contributed by atoms with E-state index in [1.807, 2.05) is 0 Å². The molecule has 0 saturated carbocycles. The van der Waals surface area contributed by atoms with Crippen LogP contribution in [-0.2, 0) is 0 Å². The van der Waals surface area contributed by atoms with E-state index < -0.39 is 0 Å². The van der Waals surface area contributed by atoms with Crippen molar-refractivity contribution in [2.45, 2.75) is 40.0 Å². The molecule has 0 heterocycles. The zero-order chi connectivity index (χ0) is 13.5. The smallest absolute Gasteiger partial charge is 0.0175 e. The van der Waals surface area contributed by atoms with Crippen LogP contribution in [-0.4, -0.2) is 13.1 Å². The summed E-state index contributed by atoms with van der Waals surface area (Å²) >= 11 is 3.50. The van der Waals surface area contributed by atoms with E-state index in [0.29, 0.717) is 17.8 Å². The number of rotatable bonds is 7. The third-order valence-electron chi connectivity index (χ3n) is 3.55. The Kier molecular flexibility index (Phi) is 6.95. The van der Waals surface area contributed by atoms with E-state index in [0.717, 1.165) is 17.6 Å². The largest absolute Gasteiger partial charge is 0.316 e. The summed E-state index contributed by atoms with van der Waals surface area (Å²) in [7, 11) is 0. The van der Waals surface area contributed by atoms with Crippen LogP contribution in [0.1, 0.15) is 45.6 Å². The number of hydrogen-bond acceptors (Lipinski definition) is 1. The molecule has 1 aromatic carbocycles. The van der Waals surface area contributed by atoms with E-state index in [2.05, 4.69) is 73.2 Å². The van der Waals surface area contributed by atoms with Gasteiger partial charge in [-0.2, -0.15) is 0 Å². The SMILES string of the molecule is CCC(C)C(CNCC(C)C)c1ccc(Br)cc1. The van der Waals surface area contributed by atoms with Crippen LogP contribution in [0.4, 0.5) is 0 Å².